The second-order valence-electron chi connectivity index (χ2n) is 5.69. The molecule has 0 saturated heterocycles. The van der Waals surface area contributed by atoms with Crippen LogP contribution in [0, 0.1) is 0 Å². The van der Waals surface area contributed by atoms with Gasteiger partial charge in [-0.2, -0.15) is 0 Å². The van der Waals surface area contributed by atoms with Crippen molar-refractivity contribution in [2.75, 3.05) is 7.11 Å². The molecule has 17 heavy (non-hydrogen) atoms. The Morgan fingerprint density at radius 1 is 1.24 bits per heavy atom. The Labute approximate surface area is 104 Å². The lowest BCUT2D eigenvalue weighted by molar-refractivity contribution is 0.0158. The fraction of sp³-hybridized carbons (Fsp3) is 0.600. The van der Waals surface area contributed by atoms with Gasteiger partial charge < -0.3 is 9.84 Å². The third kappa shape index (κ3) is 3.08. The van der Waals surface area contributed by atoms with Gasteiger partial charge in [-0.25, -0.2) is 0 Å². The van der Waals surface area contributed by atoms with Crippen molar-refractivity contribution in [3.63, 3.8) is 0 Å². The molecule has 2 rings (SSSR count). The molecule has 2 nitrogen and oxygen atoms in total. The molecule has 1 N–H and O–H groups in total. The first-order valence-corrected chi connectivity index (χ1v) is 6.32. The van der Waals surface area contributed by atoms with Gasteiger partial charge in [-0.05, 0) is 50.7 Å². The van der Waals surface area contributed by atoms with E-state index in [-0.39, 0.29) is 5.60 Å². The number of methoxy groups -OCH3 is 1. The molecule has 1 fully saturated rings. The molecule has 2 heteroatoms. The van der Waals surface area contributed by atoms with Crippen LogP contribution in [0.3, 0.4) is 0 Å². The highest BCUT2D eigenvalue weighted by atomic mass is 16.5. The Bertz CT molecular complexity index is 374. The van der Waals surface area contributed by atoms with E-state index >= 15 is 0 Å². The van der Waals surface area contributed by atoms with E-state index in [2.05, 4.69) is 38.1 Å². The topological polar surface area (TPSA) is 29.5 Å². The molecule has 1 saturated carbocycles. The Morgan fingerprint density at radius 2 is 1.82 bits per heavy atom. The molecule has 0 bridgehead atoms. The van der Waals surface area contributed by atoms with Crippen molar-refractivity contribution in [3.8, 4) is 0 Å². The molecule has 0 amide bonds. The summed E-state index contributed by atoms with van der Waals surface area (Å²) in [7, 11) is 1.76. The normalized spacial score (nSPS) is 18.1. The number of ether oxygens (including phenoxy) is 1. The van der Waals surface area contributed by atoms with Crippen LogP contribution in [0.15, 0.2) is 24.3 Å². The van der Waals surface area contributed by atoms with E-state index in [0.29, 0.717) is 0 Å². The van der Waals surface area contributed by atoms with E-state index in [9.17, 15) is 5.11 Å². The highest BCUT2D eigenvalue weighted by Crippen LogP contribution is 2.45. The van der Waals surface area contributed by atoms with E-state index in [0.717, 1.165) is 31.2 Å². The molecule has 1 aliphatic carbocycles. The maximum Gasteiger partial charge on any atom is 0.0899 e. The number of hydrogen-bond donors (Lipinski definition) is 1. The third-order valence-electron chi connectivity index (χ3n) is 3.78. The average Bonchev–Trinajstić information content (AvgIpc) is 3.07. The summed E-state index contributed by atoms with van der Waals surface area (Å²) >= 11 is 0. The van der Waals surface area contributed by atoms with Crippen molar-refractivity contribution in [1.82, 2.24) is 0 Å². The van der Waals surface area contributed by atoms with Crippen LogP contribution in [0.2, 0.25) is 0 Å². The molecule has 0 aliphatic heterocycles. The summed E-state index contributed by atoms with van der Waals surface area (Å²) in [6.07, 6.45) is 3.83. The zero-order valence-corrected chi connectivity index (χ0v) is 11.0. The van der Waals surface area contributed by atoms with E-state index in [1.54, 1.807) is 7.11 Å². The van der Waals surface area contributed by atoms with Crippen LogP contribution in [0.4, 0.5) is 0 Å². The van der Waals surface area contributed by atoms with Crippen molar-refractivity contribution >= 4 is 0 Å². The van der Waals surface area contributed by atoms with Gasteiger partial charge in [0, 0.05) is 7.11 Å². The van der Waals surface area contributed by atoms with Gasteiger partial charge in [-0.1, -0.05) is 24.3 Å². The van der Waals surface area contributed by atoms with Gasteiger partial charge in [0.1, 0.15) is 0 Å². The summed E-state index contributed by atoms with van der Waals surface area (Å²) in [6, 6.07) is 8.36. The summed E-state index contributed by atoms with van der Waals surface area (Å²) < 4.78 is 5.41. The molecule has 0 heterocycles. The van der Waals surface area contributed by atoms with E-state index in [1.165, 1.54) is 5.56 Å². The zero-order valence-electron chi connectivity index (χ0n) is 11.0. The fourth-order valence-electron chi connectivity index (χ4n) is 1.94. The predicted molar refractivity (Wildman–Crippen MR) is 69.0 cm³/mol. The molecular weight excluding hydrogens is 212 g/mol. The van der Waals surface area contributed by atoms with Gasteiger partial charge in [-0.15, -0.1) is 0 Å². The first kappa shape index (κ1) is 12.6. The van der Waals surface area contributed by atoms with Gasteiger partial charge in [0.15, 0.2) is 0 Å². The molecule has 1 aliphatic rings. The molecule has 94 valence electrons. The van der Waals surface area contributed by atoms with Gasteiger partial charge in [0.25, 0.3) is 0 Å². The van der Waals surface area contributed by atoms with Crippen molar-refractivity contribution in [2.45, 2.75) is 50.7 Å². The lowest BCUT2D eigenvalue weighted by atomic mass is 9.97. The van der Waals surface area contributed by atoms with Crippen LogP contribution in [0.5, 0.6) is 0 Å². The van der Waals surface area contributed by atoms with Gasteiger partial charge in [0.2, 0.25) is 0 Å². The molecule has 0 radical (unpaired) electrons. The van der Waals surface area contributed by atoms with E-state index in [4.69, 9.17) is 4.74 Å². The van der Waals surface area contributed by atoms with Crippen molar-refractivity contribution in [3.05, 3.63) is 35.4 Å². The maximum absolute atomic E-state index is 9.97. The highest BCUT2D eigenvalue weighted by Gasteiger charge is 2.41. The zero-order chi connectivity index (χ0) is 12.5. The summed E-state index contributed by atoms with van der Waals surface area (Å²) in [4.78, 5) is 0. The molecule has 1 aromatic carbocycles. The monoisotopic (exact) mass is 234 g/mol. The average molecular weight is 234 g/mol. The highest BCUT2D eigenvalue weighted by molar-refractivity contribution is 5.30. The van der Waals surface area contributed by atoms with E-state index < -0.39 is 5.60 Å². The number of aryl methyl sites for hydroxylation is 1. The van der Waals surface area contributed by atoms with Crippen molar-refractivity contribution in [1.29, 1.82) is 0 Å². The summed E-state index contributed by atoms with van der Waals surface area (Å²) in [6.45, 7) is 4.21. The van der Waals surface area contributed by atoms with Gasteiger partial charge >= 0.3 is 0 Å². The second-order valence-corrected chi connectivity index (χ2v) is 5.69. The standard InChI is InChI=1S/C15H22O2/c1-14(2,17-3)9-8-12-4-6-13(7-5-12)15(16)10-11-15/h4-7,16H,8-11H2,1-3H3. The minimum atomic E-state index is -0.510. The van der Waals surface area contributed by atoms with Crippen LogP contribution in [-0.2, 0) is 16.8 Å². The van der Waals surface area contributed by atoms with Gasteiger partial charge in [-0.3, -0.25) is 0 Å². The quantitative estimate of drug-likeness (QED) is 0.848. The Kier molecular flexibility index (Phi) is 3.28. The molecule has 1 aromatic rings. The lowest BCUT2D eigenvalue weighted by Crippen LogP contribution is -2.23. The maximum atomic E-state index is 9.97. The number of hydrogen-bond acceptors (Lipinski definition) is 2. The third-order valence-corrected chi connectivity index (χ3v) is 3.78. The number of rotatable bonds is 5. The molecule has 0 aromatic heterocycles. The second kappa shape index (κ2) is 4.43. The van der Waals surface area contributed by atoms with Gasteiger partial charge in [0.05, 0.1) is 11.2 Å². The van der Waals surface area contributed by atoms with Crippen molar-refractivity contribution in [2.24, 2.45) is 0 Å². The molecule has 0 atom stereocenters. The number of aliphatic hydroxyl groups is 1. The fourth-order valence-corrected chi connectivity index (χ4v) is 1.94. The Hall–Kier alpha value is -0.860. The van der Waals surface area contributed by atoms with Crippen LogP contribution >= 0.6 is 0 Å². The summed E-state index contributed by atoms with van der Waals surface area (Å²) in [5.74, 6) is 0. The first-order valence-electron chi connectivity index (χ1n) is 6.32. The minimum absolute atomic E-state index is 0.0621. The molecule has 0 spiro atoms. The molecule has 0 unspecified atom stereocenters. The SMILES string of the molecule is COC(C)(C)CCc1ccc(C2(O)CC2)cc1. The van der Waals surface area contributed by atoms with Crippen molar-refractivity contribution < 1.29 is 9.84 Å². The van der Waals surface area contributed by atoms with Crippen LogP contribution < -0.4 is 0 Å². The van der Waals surface area contributed by atoms with E-state index in [1.807, 2.05) is 0 Å². The number of benzene rings is 1. The summed E-state index contributed by atoms with van der Waals surface area (Å²) in [5, 5.41) is 9.97. The summed E-state index contributed by atoms with van der Waals surface area (Å²) in [5.41, 5.74) is 1.80. The van der Waals surface area contributed by atoms with Crippen LogP contribution in [0.25, 0.3) is 0 Å². The van der Waals surface area contributed by atoms with Crippen LogP contribution in [0.1, 0.15) is 44.2 Å². The lowest BCUT2D eigenvalue weighted by Gasteiger charge is -2.22. The first-order chi connectivity index (χ1) is 7.95. The minimum Gasteiger partial charge on any atom is -0.385 e. The smallest absolute Gasteiger partial charge is 0.0899 e. The Morgan fingerprint density at radius 3 is 2.29 bits per heavy atom. The van der Waals surface area contributed by atoms with Crippen LogP contribution in [-0.4, -0.2) is 17.8 Å². The predicted octanol–water partition coefficient (Wildman–Crippen LogP) is 3.03. The Balaban J connectivity index is 1.94. The largest absolute Gasteiger partial charge is 0.385 e. The molecular formula is C15H22O2.